The molecule has 0 atom stereocenters. The van der Waals surface area contributed by atoms with Crippen molar-refractivity contribution in [1.82, 2.24) is 0 Å². The number of thioether (sulfide) groups is 1. The third kappa shape index (κ3) is 4.85. The van der Waals surface area contributed by atoms with E-state index in [4.69, 9.17) is 0 Å². The fraction of sp³-hybridized carbons (Fsp3) is 0.133. The molecule has 0 heterocycles. The Morgan fingerprint density at radius 1 is 1.23 bits per heavy atom. The Kier molecular flexibility index (Phi) is 5.97. The summed E-state index contributed by atoms with van der Waals surface area (Å²) in [4.78, 5) is 15.4. The van der Waals surface area contributed by atoms with E-state index >= 15 is 0 Å². The number of benzene rings is 2. The van der Waals surface area contributed by atoms with Crippen LogP contribution in [0.2, 0.25) is 0 Å². The third-order valence-corrected chi connectivity index (χ3v) is 4.26. The second kappa shape index (κ2) is 7.95. The highest BCUT2D eigenvalue weighted by atomic mass is 79.9. The number of aliphatic imine (C=N–C) groups is 1. The standard InChI is InChI=1S/C15H13BrN2O3S/c16-12-1-4-14(5-2-12)22-8-7-17-10-11-9-13(18(20)21)3-6-15(11)19/h1-6,9-10,19H,7-8H2/p-1. The molecule has 5 nitrogen and oxygen atoms in total. The molecule has 0 radical (unpaired) electrons. The van der Waals surface area contributed by atoms with Crippen molar-refractivity contribution in [2.24, 2.45) is 4.99 Å². The van der Waals surface area contributed by atoms with Crippen LogP contribution in [0.25, 0.3) is 0 Å². The van der Waals surface area contributed by atoms with Gasteiger partial charge in [-0.2, -0.15) is 0 Å². The summed E-state index contributed by atoms with van der Waals surface area (Å²) >= 11 is 5.03. The van der Waals surface area contributed by atoms with Crippen molar-refractivity contribution in [3.63, 3.8) is 0 Å². The first-order valence-electron chi connectivity index (χ1n) is 6.40. The van der Waals surface area contributed by atoms with Gasteiger partial charge in [0.2, 0.25) is 0 Å². The van der Waals surface area contributed by atoms with Gasteiger partial charge in [-0.1, -0.05) is 27.7 Å². The number of hydrogen-bond donors (Lipinski definition) is 0. The molecule has 2 aromatic carbocycles. The van der Waals surface area contributed by atoms with Gasteiger partial charge in [-0.25, -0.2) is 0 Å². The van der Waals surface area contributed by atoms with Gasteiger partial charge in [-0.15, -0.1) is 11.8 Å². The zero-order chi connectivity index (χ0) is 15.9. The van der Waals surface area contributed by atoms with Gasteiger partial charge < -0.3 is 5.11 Å². The van der Waals surface area contributed by atoms with Crippen molar-refractivity contribution >= 4 is 39.6 Å². The fourth-order valence-corrected chi connectivity index (χ4v) is 2.69. The molecular weight excluding hydrogens is 368 g/mol. The Bertz CT molecular complexity index is 690. The summed E-state index contributed by atoms with van der Waals surface area (Å²) in [7, 11) is 0. The van der Waals surface area contributed by atoms with Crippen LogP contribution in [-0.2, 0) is 0 Å². The van der Waals surface area contributed by atoms with Crippen LogP contribution in [-0.4, -0.2) is 23.4 Å². The highest BCUT2D eigenvalue weighted by Crippen LogP contribution is 2.21. The Labute approximate surface area is 140 Å². The molecule has 0 spiro atoms. The molecule has 0 aliphatic heterocycles. The monoisotopic (exact) mass is 379 g/mol. The van der Waals surface area contributed by atoms with E-state index < -0.39 is 4.92 Å². The SMILES string of the molecule is O=[N+]([O-])c1ccc([O-])c(C=NCCSc2ccc(Br)cc2)c1. The van der Waals surface area contributed by atoms with Crippen molar-refractivity contribution in [3.05, 3.63) is 62.6 Å². The maximum Gasteiger partial charge on any atom is 0.270 e. The van der Waals surface area contributed by atoms with Crippen LogP contribution in [0.4, 0.5) is 5.69 Å². The molecule has 0 aromatic heterocycles. The average Bonchev–Trinajstić information content (AvgIpc) is 2.50. The molecule has 22 heavy (non-hydrogen) atoms. The normalized spacial score (nSPS) is 11.0. The maximum atomic E-state index is 11.6. The first-order chi connectivity index (χ1) is 10.6. The number of nitro benzene ring substituents is 1. The summed E-state index contributed by atoms with van der Waals surface area (Å²) in [5, 5.41) is 22.3. The van der Waals surface area contributed by atoms with Gasteiger partial charge in [-0.05, 0) is 29.8 Å². The van der Waals surface area contributed by atoms with Gasteiger partial charge in [0, 0.05) is 40.0 Å². The highest BCUT2D eigenvalue weighted by molar-refractivity contribution is 9.10. The van der Waals surface area contributed by atoms with Gasteiger partial charge in [0.15, 0.2) is 0 Å². The molecular formula is C15H12BrN2O3S-. The van der Waals surface area contributed by atoms with Gasteiger partial charge in [0.05, 0.1) is 4.92 Å². The third-order valence-electron chi connectivity index (χ3n) is 2.74. The number of non-ortho nitro benzene ring substituents is 1. The van der Waals surface area contributed by atoms with Gasteiger partial charge >= 0.3 is 0 Å². The van der Waals surface area contributed by atoms with Crippen LogP contribution in [0.3, 0.4) is 0 Å². The number of halogens is 1. The molecule has 0 N–H and O–H groups in total. The summed E-state index contributed by atoms with van der Waals surface area (Å²) in [6.45, 7) is 0.531. The minimum absolute atomic E-state index is 0.106. The molecule has 114 valence electrons. The predicted octanol–water partition coefficient (Wildman–Crippen LogP) is 3.64. The molecule has 0 aliphatic carbocycles. The highest BCUT2D eigenvalue weighted by Gasteiger charge is 2.05. The number of rotatable bonds is 6. The van der Waals surface area contributed by atoms with Crippen molar-refractivity contribution < 1.29 is 10.0 Å². The molecule has 2 aromatic rings. The van der Waals surface area contributed by atoms with E-state index in [9.17, 15) is 15.2 Å². The summed E-state index contributed by atoms with van der Waals surface area (Å²) in [6, 6.07) is 11.6. The van der Waals surface area contributed by atoms with Gasteiger partial charge in [0.1, 0.15) is 0 Å². The lowest BCUT2D eigenvalue weighted by atomic mass is 10.2. The molecule has 0 amide bonds. The van der Waals surface area contributed by atoms with E-state index in [0.717, 1.165) is 15.1 Å². The second-order valence-electron chi connectivity index (χ2n) is 4.32. The van der Waals surface area contributed by atoms with Crippen LogP contribution in [0.1, 0.15) is 5.56 Å². The van der Waals surface area contributed by atoms with Crippen LogP contribution >= 0.6 is 27.7 Å². The zero-order valence-corrected chi connectivity index (χ0v) is 13.8. The lowest BCUT2D eigenvalue weighted by molar-refractivity contribution is -0.385. The fourth-order valence-electron chi connectivity index (χ4n) is 1.66. The Hall–Kier alpha value is -1.86. The quantitative estimate of drug-likeness (QED) is 0.252. The van der Waals surface area contributed by atoms with E-state index in [1.807, 2.05) is 24.3 Å². The average molecular weight is 380 g/mol. The van der Waals surface area contributed by atoms with Gasteiger partial charge in [-0.3, -0.25) is 15.1 Å². The van der Waals surface area contributed by atoms with Crippen LogP contribution in [0.5, 0.6) is 5.75 Å². The van der Waals surface area contributed by atoms with Crippen LogP contribution < -0.4 is 5.11 Å². The summed E-state index contributed by atoms with van der Waals surface area (Å²) in [6.07, 6.45) is 1.40. The minimum atomic E-state index is -0.528. The summed E-state index contributed by atoms with van der Waals surface area (Å²) in [5.74, 6) is 0.497. The molecule has 0 saturated heterocycles. The van der Waals surface area contributed by atoms with Crippen molar-refractivity contribution in [2.45, 2.75) is 4.90 Å². The van der Waals surface area contributed by atoms with Gasteiger partial charge in [0.25, 0.3) is 5.69 Å². The molecule has 2 rings (SSSR count). The smallest absolute Gasteiger partial charge is 0.270 e. The Balaban J connectivity index is 1.88. The first-order valence-corrected chi connectivity index (χ1v) is 8.18. The molecule has 0 bridgehead atoms. The second-order valence-corrected chi connectivity index (χ2v) is 6.40. The lowest BCUT2D eigenvalue weighted by Crippen LogP contribution is -1.98. The van der Waals surface area contributed by atoms with E-state index in [1.165, 1.54) is 24.4 Å². The summed E-state index contributed by atoms with van der Waals surface area (Å²) < 4.78 is 1.03. The van der Waals surface area contributed by atoms with E-state index in [0.29, 0.717) is 6.54 Å². The van der Waals surface area contributed by atoms with E-state index in [-0.39, 0.29) is 17.0 Å². The molecule has 0 fully saturated rings. The number of nitro groups is 1. The predicted molar refractivity (Wildman–Crippen MR) is 89.9 cm³/mol. The molecule has 0 saturated carbocycles. The first kappa shape index (κ1) is 16.5. The van der Waals surface area contributed by atoms with Crippen molar-refractivity contribution in [2.75, 3.05) is 12.3 Å². The van der Waals surface area contributed by atoms with Crippen molar-refractivity contribution in [3.8, 4) is 5.75 Å². The molecule has 7 heteroatoms. The topological polar surface area (TPSA) is 78.6 Å². The summed E-state index contributed by atoms with van der Waals surface area (Å²) in [5.41, 5.74) is 0.133. The van der Waals surface area contributed by atoms with Crippen molar-refractivity contribution in [1.29, 1.82) is 0 Å². The zero-order valence-electron chi connectivity index (χ0n) is 11.4. The Morgan fingerprint density at radius 3 is 2.64 bits per heavy atom. The Morgan fingerprint density at radius 2 is 1.95 bits per heavy atom. The number of nitrogens with zero attached hydrogens (tertiary/aromatic N) is 2. The van der Waals surface area contributed by atoms with Crippen LogP contribution in [0, 0.1) is 10.1 Å². The lowest BCUT2D eigenvalue weighted by Gasteiger charge is -2.08. The van der Waals surface area contributed by atoms with Crippen LogP contribution in [0.15, 0.2) is 56.8 Å². The van der Waals surface area contributed by atoms with E-state index in [2.05, 4.69) is 20.9 Å². The minimum Gasteiger partial charge on any atom is -0.872 e. The molecule has 0 aliphatic rings. The largest absolute Gasteiger partial charge is 0.872 e. The number of hydrogen-bond acceptors (Lipinski definition) is 5. The molecule has 0 unspecified atom stereocenters. The van der Waals surface area contributed by atoms with E-state index in [1.54, 1.807) is 11.8 Å². The maximum absolute atomic E-state index is 11.6.